The molecule has 0 saturated heterocycles. The van der Waals surface area contributed by atoms with Gasteiger partial charge in [0.15, 0.2) is 0 Å². The van der Waals surface area contributed by atoms with Gasteiger partial charge in [-0.1, -0.05) is 0 Å². The molecule has 2 rings (SSSR count). The number of hydrogen-bond donors (Lipinski definition) is 3. The van der Waals surface area contributed by atoms with Crippen LogP contribution in [0.4, 0.5) is 0 Å². The van der Waals surface area contributed by atoms with Crippen molar-refractivity contribution < 1.29 is 38.7 Å². The van der Waals surface area contributed by atoms with Gasteiger partial charge < -0.3 is 24.6 Å². The predicted octanol–water partition coefficient (Wildman–Crippen LogP) is 2.66. The fourth-order valence-electron chi connectivity index (χ4n) is 2.04. The minimum Gasteiger partial charge on any atom is -0.508 e. The lowest BCUT2D eigenvalue weighted by atomic mass is 10.3. The Bertz CT molecular complexity index is 762. The molecular formula is C18H19O8P. The molecule has 27 heavy (non-hydrogen) atoms. The Balaban J connectivity index is 1.74. The number of carbonyl (C=O) groups excluding carboxylic acids is 2. The Labute approximate surface area is 155 Å². The van der Waals surface area contributed by atoms with Crippen molar-refractivity contribution in [2.45, 2.75) is 12.8 Å². The van der Waals surface area contributed by atoms with Crippen LogP contribution in [0.1, 0.15) is 12.8 Å². The highest BCUT2D eigenvalue weighted by Crippen LogP contribution is 2.41. The molecule has 0 radical (unpaired) electrons. The molecule has 0 aromatic heterocycles. The summed E-state index contributed by atoms with van der Waals surface area (Å²) in [6.45, 7) is 0. The average Bonchev–Trinajstić information content (AvgIpc) is 2.63. The number of aromatic hydroxyl groups is 2. The quantitative estimate of drug-likeness (QED) is 0.354. The van der Waals surface area contributed by atoms with Crippen molar-refractivity contribution in [1.82, 2.24) is 0 Å². The lowest BCUT2D eigenvalue weighted by Gasteiger charge is -2.11. The molecule has 0 saturated carbocycles. The van der Waals surface area contributed by atoms with E-state index < -0.39 is 19.3 Å². The summed E-state index contributed by atoms with van der Waals surface area (Å²) in [6.07, 6.45) is -1.23. The maximum absolute atomic E-state index is 12.1. The molecule has 2 aromatic carbocycles. The number of hydrogen-bond acceptors (Lipinski definition) is 7. The van der Waals surface area contributed by atoms with Crippen LogP contribution in [-0.2, 0) is 14.2 Å². The van der Waals surface area contributed by atoms with E-state index in [0.717, 1.165) is 0 Å². The fraction of sp³-hybridized carbons (Fsp3) is 0.222. The van der Waals surface area contributed by atoms with E-state index in [2.05, 4.69) is 0 Å². The van der Waals surface area contributed by atoms with E-state index in [0.29, 0.717) is 0 Å². The van der Waals surface area contributed by atoms with E-state index in [1.165, 1.54) is 48.5 Å². The number of phenolic OH excluding ortho intramolecular Hbond substituents is 2. The van der Waals surface area contributed by atoms with Gasteiger partial charge in [-0.25, -0.2) is 0 Å². The molecule has 0 heterocycles. The molecule has 0 bridgehead atoms. The second kappa shape index (κ2) is 9.21. The monoisotopic (exact) mass is 394 g/mol. The molecule has 0 aliphatic heterocycles. The Hall–Kier alpha value is -2.83. The summed E-state index contributed by atoms with van der Waals surface area (Å²) < 4.78 is 22.1. The van der Waals surface area contributed by atoms with Crippen molar-refractivity contribution in [2.75, 3.05) is 12.3 Å². The van der Waals surface area contributed by atoms with Gasteiger partial charge in [0.2, 0.25) is 7.37 Å². The summed E-state index contributed by atoms with van der Waals surface area (Å²) in [7, 11) is -3.71. The van der Waals surface area contributed by atoms with Crippen LogP contribution in [0.15, 0.2) is 48.5 Å². The highest BCUT2D eigenvalue weighted by Gasteiger charge is 2.22. The molecule has 9 heteroatoms. The zero-order chi connectivity index (χ0) is 19.9. The van der Waals surface area contributed by atoms with Crippen LogP contribution in [0.2, 0.25) is 0 Å². The van der Waals surface area contributed by atoms with Crippen LogP contribution in [0.25, 0.3) is 0 Å². The molecule has 144 valence electrons. The summed E-state index contributed by atoms with van der Waals surface area (Å²) in [5, 5.41) is 18.3. The summed E-state index contributed by atoms with van der Waals surface area (Å²) in [5.41, 5.74) is 0. The second-order valence-electron chi connectivity index (χ2n) is 5.73. The number of rotatable bonds is 8. The zero-order valence-corrected chi connectivity index (χ0v) is 15.2. The van der Waals surface area contributed by atoms with Gasteiger partial charge in [-0.3, -0.25) is 14.2 Å². The maximum Gasteiger partial charge on any atom is 0.311 e. The molecule has 0 aliphatic carbocycles. The predicted molar refractivity (Wildman–Crippen MR) is 96.3 cm³/mol. The van der Waals surface area contributed by atoms with Gasteiger partial charge in [0.1, 0.15) is 23.0 Å². The number of benzene rings is 2. The fourth-order valence-corrected chi connectivity index (χ4v) is 3.32. The van der Waals surface area contributed by atoms with Crippen molar-refractivity contribution in [3.8, 4) is 23.0 Å². The first-order valence-corrected chi connectivity index (χ1v) is 10.1. The largest absolute Gasteiger partial charge is 0.508 e. The van der Waals surface area contributed by atoms with Crippen LogP contribution in [0.3, 0.4) is 0 Å². The standard InChI is InChI=1S/C18H19O8P/c19-13-1-5-15(6-2-13)25-17(21)9-11-27(23,24)12-10-18(22)26-16-7-3-14(20)4-8-16/h1-8,19-20H,9-12H2,(H,23,24). The van der Waals surface area contributed by atoms with E-state index in [1.54, 1.807) is 0 Å². The van der Waals surface area contributed by atoms with Crippen molar-refractivity contribution >= 4 is 19.3 Å². The first-order chi connectivity index (χ1) is 12.7. The summed E-state index contributed by atoms with van der Waals surface area (Å²) in [4.78, 5) is 33.3. The third-order valence-corrected chi connectivity index (χ3v) is 5.31. The van der Waals surface area contributed by atoms with Crippen molar-refractivity contribution in [1.29, 1.82) is 0 Å². The van der Waals surface area contributed by atoms with Gasteiger partial charge in [0.05, 0.1) is 12.8 Å². The van der Waals surface area contributed by atoms with Gasteiger partial charge in [0, 0.05) is 12.3 Å². The van der Waals surface area contributed by atoms with Crippen LogP contribution in [-0.4, -0.2) is 39.4 Å². The molecule has 3 N–H and O–H groups in total. The molecule has 0 aliphatic rings. The van der Waals surface area contributed by atoms with Crippen LogP contribution in [0, 0.1) is 0 Å². The lowest BCUT2D eigenvalue weighted by Crippen LogP contribution is -2.13. The second-order valence-corrected chi connectivity index (χ2v) is 8.32. The van der Waals surface area contributed by atoms with Gasteiger partial charge in [0.25, 0.3) is 0 Å². The van der Waals surface area contributed by atoms with Crippen LogP contribution < -0.4 is 9.47 Å². The molecular weight excluding hydrogens is 375 g/mol. The van der Waals surface area contributed by atoms with E-state index in [-0.39, 0.29) is 48.2 Å². The molecule has 0 unspecified atom stereocenters. The topological polar surface area (TPSA) is 130 Å². The minimum absolute atomic E-state index is 0.0221. The lowest BCUT2D eigenvalue weighted by molar-refractivity contribution is -0.134. The van der Waals surface area contributed by atoms with Gasteiger partial charge in [-0.15, -0.1) is 0 Å². The van der Waals surface area contributed by atoms with E-state index in [4.69, 9.17) is 19.7 Å². The van der Waals surface area contributed by atoms with Gasteiger partial charge in [-0.05, 0) is 48.5 Å². The third kappa shape index (κ3) is 7.52. The molecule has 8 nitrogen and oxygen atoms in total. The Morgan fingerprint density at radius 2 is 1.07 bits per heavy atom. The first-order valence-electron chi connectivity index (χ1n) is 8.04. The average molecular weight is 394 g/mol. The normalized spacial score (nSPS) is 11.0. The number of phenols is 2. The Morgan fingerprint density at radius 3 is 1.41 bits per heavy atom. The SMILES string of the molecule is O=C(CCP(=O)(O)CCC(=O)Oc1ccc(O)cc1)Oc1ccc(O)cc1. The number of carbonyl (C=O) groups is 2. The van der Waals surface area contributed by atoms with Crippen LogP contribution in [0.5, 0.6) is 23.0 Å². The minimum atomic E-state index is -3.71. The van der Waals surface area contributed by atoms with Gasteiger partial charge in [-0.2, -0.15) is 0 Å². The van der Waals surface area contributed by atoms with Crippen molar-refractivity contribution in [2.24, 2.45) is 0 Å². The highest BCUT2D eigenvalue weighted by atomic mass is 31.2. The number of esters is 2. The first kappa shape index (κ1) is 20.5. The van der Waals surface area contributed by atoms with Crippen LogP contribution >= 0.6 is 7.37 Å². The number of ether oxygens (including phenoxy) is 2. The Kier molecular flexibility index (Phi) is 6.98. The molecule has 0 spiro atoms. The van der Waals surface area contributed by atoms with Gasteiger partial charge >= 0.3 is 11.9 Å². The smallest absolute Gasteiger partial charge is 0.311 e. The van der Waals surface area contributed by atoms with E-state index >= 15 is 0 Å². The highest BCUT2D eigenvalue weighted by molar-refractivity contribution is 7.58. The Morgan fingerprint density at radius 1 is 0.741 bits per heavy atom. The molecule has 2 aromatic rings. The van der Waals surface area contributed by atoms with E-state index in [9.17, 15) is 19.0 Å². The van der Waals surface area contributed by atoms with Crippen molar-refractivity contribution in [3.63, 3.8) is 0 Å². The summed E-state index contributed by atoms with van der Waals surface area (Å²) >= 11 is 0. The maximum atomic E-state index is 12.1. The third-order valence-electron chi connectivity index (χ3n) is 3.47. The zero-order valence-electron chi connectivity index (χ0n) is 14.3. The summed E-state index contributed by atoms with van der Waals surface area (Å²) in [5.74, 6) is -0.919. The van der Waals surface area contributed by atoms with E-state index in [1.807, 2.05) is 0 Å². The summed E-state index contributed by atoms with van der Waals surface area (Å²) in [6, 6.07) is 11.0. The molecule has 0 fully saturated rings. The molecule has 0 amide bonds. The molecule has 0 atom stereocenters. The van der Waals surface area contributed by atoms with Crippen molar-refractivity contribution in [3.05, 3.63) is 48.5 Å².